The molecule has 0 saturated carbocycles. The van der Waals surface area contributed by atoms with Gasteiger partial charge in [0, 0.05) is 11.4 Å². The van der Waals surface area contributed by atoms with Gasteiger partial charge in [-0.1, -0.05) is 25.1 Å². The summed E-state index contributed by atoms with van der Waals surface area (Å²) in [5.41, 5.74) is 0.820. The van der Waals surface area contributed by atoms with Gasteiger partial charge in [-0.25, -0.2) is 0 Å². The Labute approximate surface area is 95.1 Å². The Bertz CT molecular complexity index is 431. The fraction of sp³-hybridized carbons (Fsp3) is 0.385. The molecule has 0 amide bonds. The monoisotopic (exact) mass is 219 g/mol. The predicted molar refractivity (Wildman–Crippen MR) is 64.3 cm³/mol. The first-order chi connectivity index (χ1) is 7.72. The van der Waals surface area contributed by atoms with E-state index in [1.54, 1.807) is 0 Å². The second-order valence-corrected chi connectivity index (χ2v) is 3.98. The Balaban J connectivity index is 2.26. The molecule has 0 spiro atoms. The summed E-state index contributed by atoms with van der Waals surface area (Å²) in [4.78, 5) is 0. The van der Waals surface area contributed by atoms with E-state index in [-0.39, 0.29) is 6.04 Å². The van der Waals surface area contributed by atoms with Crippen molar-refractivity contribution in [2.45, 2.75) is 26.0 Å². The molecule has 1 aromatic heterocycles. The van der Waals surface area contributed by atoms with Crippen LogP contribution in [0.1, 0.15) is 25.7 Å². The number of hydrogen-bond acceptors (Lipinski definition) is 3. The van der Waals surface area contributed by atoms with Gasteiger partial charge in [-0.3, -0.25) is 0 Å². The van der Waals surface area contributed by atoms with Gasteiger partial charge >= 0.3 is 0 Å². The summed E-state index contributed by atoms with van der Waals surface area (Å²) in [7, 11) is 0. The van der Waals surface area contributed by atoms with Crippen molar-refractivity contribution in [1.29, 1.82) is 0 Å². The van der Waals surface area contributed by atoms with Crippen molar-refractivity contribution >= 4 is 11.0 Å². The zero-order valence-corrected chi connectivity index (χ0v) is 9.60. The minimum atomic E-state index is -0.604. The molecule has 0 radical (unpaired) electrons. The lowest BCUT2D eigenvalue weighted by Gasteiger charge is -2.17. The summed E-state index contributed by atoms with van der Waals surface area (Å²) in [5, 5.41) is 14.3. The van der Waals surface area contributed by atoms with Crippen molar-refractivity contribution in [3.05, 3.63) is 36.1 Å². The Kier molecular flexibility index (Phi) is 3.27. The van der Waals surface area contributed by atoms with E-state index in [1.807, 2.05) is 44.2 Å². The quantitative estimate of drug-likeness (QED) is 0.830. The van der Waals surface area contributed by atoms with Gasteiger partial charge in [0.25, 0.3) is 0 Å². The minimum Gasteiger partial charge on any atom is -0.458 e. The normalized spacial score (nSPS) is 15.2. The van der Waals surface area contributed by atoms with Crippen molar-refractivity contribution in [2.24, 2.45) is 0 Å². The Hall–Kier alpha value is -1.32. The van der Waals surface area contributed by atoms with Crippen LogP contribution in [0.4, 0.5) is 0 Å². The zero-order chi connectivity index (χ0) is 11.5. The molecule has 1 heterocycles. The number of fused-ring (bicyclic) bond motifs is 1. The molecule has 2 atom stereocenters. The molecule has 3 nitrogen and oxygen atoms in total. The third-order valence-corrected chi connectivity index (χ3v) is 2.74. The van der Waals surface area contributed by atoms with Gasteiger partial charge in [0.1, 0.15) is 17.4 Å². The number of likely N-dealkylation sites (N-methyl/N-ethyl adjacent to an activating group) is 1. The summed E-state index contributed by atoms with van der Waals surface area (Å²) in [6, 6.07) is 9.66. The number of hydrogen-bond donors (Lipinski definition) is 2. The van der Waals surface area contributed by atoms with Gasteiger partial charge in [0.15, 0.2) is 0 Å². The molecule has 16 heavy (non-hydrogen) atoms. The van der Waals surface area contributed by atoms with Gasteiger partial charge < -0.3 is 14.8 Å². The van der Waals surface area contributed by atoms with Crippen LogP contribution in [0, 0.1) is 0 Å². The molecule has 0 aliphatic rings. The summed E-state index contributed by atoms with van der Waals surface area (Å²) >= 11 is 0. The highest BCUT2D eigenvalue weighted by molar-refractivity contribution is 5.77. The number of nitrogens with one attached hydrogen (secondary N) is 1. The van der Waals surface area contributed by atoms with Crippen LogP contribution in [0.2, 0.25) is 0 Å². The number of aliphatic hydroxyl groups is 1. The fourth-order valence-corrected chi connectivity index (χ4v) is 1.83. The highest BCUT2D eigenvalue weighted by Crippen LogP contribution is 2.25. The highest BCUT2D eigenvalue weighted by atomic mass is 16.4. The van der Waals surface area contributed by atoms with Gasteiger partial charge in [0.2, 0.25) is 0 Å². The molecule has 0 fully saturated rings. The maximum absolute atomic E-state index is 10.1. The molecule has 86 valence electrons. The van der Waals surface area contributed by atoms with Crippen LogP contribution in [0.3, 0.4) is 0 Å². The molecule has 1 aromatic carbocycles. The molecule has 2 N–H and O–H groups in total. The van der Waals surface area contributed by atoms with E-state index >= 15 is 0 Å². The van der Waals surface area contributed by atoms with E-state index in [0.29, 0.717) is 5.76 Å². The fourth-order valence-electron chi connectivity index (χ4n) is 1.83. The Morgan fingerprint density at radius 1 is 1.38 bits per heavy atom. The van der Waals surface area contributed by atoms with E-state index in [1.165, 1.54) is 0 Å². The van der Waals surface area contributed by atoms with Gasteiger partial charge in [-0.2, -0.15) is 0 Å². The number of aliphatic hydroxyl groups excluding tert-OH is 1. The average Bonchev–Trinajstić information content (AvgIpc) is 2.71. The molecule has 2 aromatic rings. The topological polar surface area (TPSA) is 45.4 Å². The lowest BCUT2D eigenvalue weighted by atomic mass is 10.1. The van der Waals surface area contributed by atoms with E-state index in [9.17, 15) is 5.11 Å². The lowest BCUT2D eigenvalue weighted by Crippen LogP contribution is -2.31. The first kappa shape index (κ1) is 11.2. The van der Waals surface area contributed by atoms with Crippen molar-refractivity contribution in [2.75, 3.05) is 6.54 Å². The number of benzene rings is 1. The van der Waals surface area contributed by atoms with Crippen LogP contribution in [0.25, 0.3) is 11.0 Å². The Morgan fingerprint density at radius 2 is 2.12 bits per heavy atom. The molecular formula is C13H17NO2. The van der Waals surface area contributed by atoms with Crippen molar-refractivity contribution in [1.82, 2.24) is 5.32 Å². The number of para-hydroxylation sites is 1. The minimum absolute atomic E-state index is 0.00874. The molecule has 2 unspecified atom stereocenters. The molecule has 0 saturated heterocycles. The van der Waals surface area contributed by atoms with E-state index in [4.69, 9.17) is 4.42 Å². The predicted octanol–water partition coefficient (Wildman–Crippen LogP) is 2.46. The second kappa shape index (κ2) is 4.68. The summed E-state index contributed by atoms with van der Waals surface area (Å²) in [5.74, 6) is 0.620. The SMILES string of the molecule is CCNC(C)C(O)c1cc2ccccc2o1. The first-order valence-electron chi connectivity index (χ1n) is 5.62. The largest absolute Gasteiger partial charge is 0.458 e. The van der Waals surface area contributed by atoms with Crippen LogP contribution in [0.5, 0.6) is 0 Å². The molecule has 3 heteroatoms. The van der Waals surface area contributed by atoms with Gasteiger partial charge in [0.05, 0.1) is 0 Å². The molecule has 2 rings (SSSR count). The smallest absolute Gasteiger partial charge is 0.135 e. The van der Waals surface area contributed by atoms with E-state index in [0.717, 1.165) is 17.5 Å². The van der Waals surface area contributed by atoms with Crippen molar-refractivity contribution < 1.29 is 9.52 Å². The first-order valence-corrected chi connectivity index (χ1v) is 5.62. The van der Waals surface area contributed by atoms with Crippen LogP contribution >= 0.6 is 0 Å². The third kappa shape index (κ3) is 2.10. The van der Waals surface area contributed by atoms with Gasteiger partial charge in [-0.05, 0) is 25.6 Å². The molecule has 0 aliphatic heterocycles. The maximum atomic E-state index is 10.1. The Morgan fingerprint density at radius 3 is 2.81 bits per heavy atom. The van der Waals surface area contributed by atoms with Crippen LogP contribution < -0.4 is 5.32 Å². The lowest BCUT2D eigenvalue weighted by molar-refractivity contribution is 0.115. The molecule has 0 aliphatic carbocycles. The van der Waals surface area contributed by atoms with Gasteiger partial charge in [-0.15, -0.1) is 0 Å². The second-order valence-electron chi connectivity index (χ2n) is 3.98. The summed E-state index contributed by atoms with van der Waals surface area (Å²) < 4.78 is 5.61. The number of furan rings is 1. The van der Waals surface area contributed by atoms with E-state index < -0.39 is 6.10 Å². The highest BCUT2D eigenvalue weighted by Gasteiger charge is 2.19. The standard InChI is InChI=1S/C13H17NO2/c1-3-14-9(2)13(15)12-8-10-6-4-5-7-11(10)16-12/h4-9,13-15H,3H2,1-2H3. The maximum Gasteiger partial charge on any atom is 0.135 e. The number of rotatable bonds is 4. The molecule has 0 bridgehead atoms. The molecular weight excluding hydrogens is 202 g/mol. The van der Waals surface area contributed by atoms with E-state index in [2.05, 4.69) is 5.32 Å². The van der Waals surface area contributed by atoms with Crippen LogP contribution in [-0.2, 0) is 0 Å². The van der Waals surface area contributed by atoms with Crippen LogP contribution in [0.15, 0.2) is 34.7 Å². The van der Waals surface area contributed by atoms with Crippen LogP contribution in [-0.4, -0.2) is 17.7 Å². The average molecular weight is 219 g/mol. The van der Waals surface area contributed by atoms with Crippen molar-refractivity contribution in [3.8, 4) is 0 Å². The zero-order valence-electron chi connectivity index (χ0n) is 9.60. The van der Waals surface area contributed by atoms with Crippen molar-refractivity contribution in [3.63, 3.8) is 0 Å². The third-order valence-electron chi connectivity index (χ3n) is 2.74. The summed E-state index contributed by atoms with van der Waals surface area (Å²) in [6.07, 6.45) is -0.604. The summed E-state index contributed by atoms with van der Waals surface area (Å²) in [6.45, 7) is 4.79.